The van der Waals surface area contributed by atoms with Crippen LogP contribution in [0.15, 0.2) is 41.4 Å². The lowest BCUT2D eigenvalue weighted by atomic mass is 9.78. The lowest BCUT2D eigenvalue weighted by Crippen LogP contribution is -2.50. The number of fused-ring (bicyclic) bond motifs is 4. The van der Waals surface area contributed by atoms with E-state index in [1.807, 2.05) is 32.0 Å². The van der Waals surface area contributed by atoms with Crippen molar-refractivity contribution in [2.45, 2.75) is 77.9 Å². The normalized spacial score (nSPS) is 25.5. The lowest BCUT2D eigenvalue weighted by molar-refractivity contribution is -0.130. The molecule has 3 atom stereocenters. The van der Waals surface area contributed by atoms with Gasteiger partial charge in [-0.05, 0) is 49.1 Å². The third kappa shape index (κ3) is 4.72. The Balaban J connectivity index is 0.00000144. The number of guanidine groups is 1. The zero-order valence-corrected chi connectivity index (χ0v) is 22.8. The summed E-state index contributed by atoms with van der Waals surface area (Å²) in [6, 6.07) is 11.0. The van der Waals surface area contributed by atoms with Crippen LogP contribution in [0.2, 0.25) is 0 Å². The first-order valence-electron chi connectivity index (χ1n) is 13.8. The molecule has 0 saturated carbocycles. The third-order valence-corrected chi connectivity index (χ3v) is 7.88. The maximum atomic E-state index is 13.6. The highest BCUT2D eigenvalue weighted by molar-refractivity contribution is 5.99. The lowest BCUT2D eigenvalue weighted by Gasteiger charge is -2.40. The Morgan fingerprint density at radius 2 is 1.79 bits per heavy atom. The highest BCUT2D eigenvalue weighted by Crippen LogP contribution is 2.44. The molecule has 6 bridgehead atoms. The number of amides is 2. The molecule has 2 aromatic carbocycles. The van der Waals surface area contributed by atoms with Gasteiger partial charge < -0.3 is 20.5 Å². The van der Waals surface area contributed by atoms with Crippen molar-refractivity contribution in [2.75, 3.05) is 13.2 Å². The number of nitrogens with two attached hydrogens (primary N) is 1. The molecule has 8 nitrogen and oxygen atoms in total. The van der Waals surface area contributed by atoms with Gasteiger partial charge in [-0.25, -0.2) is 4.99 Å². The number of aryl methyl sites for hydroxylation is 1. The highest BCUT2D eigenvalue weighted by Gasteiger charge is 2.40. The molecule has 0 saturated heterocycles. The summed E-state index contributed by atoms with van der Waals surface area (Å²) in [6.07, 6.45) is 3.45. The fourth-order valence-corrected chi connectivity index (χ4v) is 5.92. The second kappa shape index (κ2) is 10.3. The maximum Gasteiger partial charge on any atom is 0.251 e. The standard InChI is InChI=1S/C28H32N4O4.C2H6/c1-28(2)15-36-23-8-6-16-4-3-5-18-14-24(33)32(27(29)30-18)21-10-11-35-22-9-7-17(13-19(21)22)26(34)31-25(28)20(23)12-16;1-2/h6-9,12-13,18,21,25H,3-5,10-11,14-15H2,1-2H3,(H2,29,30)(H,31,34);1-2H3/t18?,21-,25?;/m1./s1. The number of nitrogens with zero attached hydrogens (tertiary/aromatic N) is 2. The second-order valence-electron chi connectivity index (χ2n) is 11.0. The molecule has 5 aliphatic rings. The molecule has 0 aliphatic carbocycles. The van der Waals surface area contributed by atoms with Crippen LogP contribution in [0, 0.1) is 5.41 Å². The summed E-state index contributed by atoms with van der Waals surface area (Å²) in [5.74, 6) is 1.54. The summed E-state index contributed by atoms with van der Waals surface area (Å²) < 4.78 is 12.0. The molecule has 5 aliphatic heterocycles. The van der Waals surface area contributed by atoms with E-state index >= 15 is 0 Å². The Morgan fingerprint density at radius 3 is 2.58 bits per heavy atom. The third-order valence-electron chi connectivity index (χ3n) is 7.88. The van der Waals surface area contributed by atoms with E-state index in [9.17, 15) is 9.59 Å². The zero-order chi connectivity index (χ0) is 27.0. The minimum atomic E-state index is -0.310. The first-order valence-corrected chi connectivity index (χ1v) is 13.8. The molecule has 202 valence electrons. The van der Waals surface area contributed by atoms with Gasteiger partial charge >= 0.3 is 0 Å². The van der Waals surface area contributed by atoms with Gasteiger partial charge in [0.25, 0.3) is 5.91 Å². The Labute approximate surface area is 224 Å². The number of hydrogen-bond acceptors (Lipinski definition) is 6. The SMILES string of the molecule is CC.CC1(C)COc2ccc3cc2C1NC(=O)c1ccc2c(c1)[C@@H](CCO2)N1C(=O)CC(CCC3)N=C1N. The minimum Gasteiger partial charge on any atom is -0.493 e. The number of aliphatic imine (C=N–C) groups is 1. The quantitative estimate of drug-likeness (QED) is 0.527. The summed E-state index contributed by atoms with van der Waals surface area (Å²) in [4.78, 5) is 33.2. The van der Waals surface area contributed by atoms with Crippen LogP contribution >= 0.6 is 0 Å². The van der Waals surface area contributed by atoms with Crippen LogP contribution < -0.4 is 20.5 Å². The molecule has 0 radical (unpaired) electrons. The van der Waals surface area contributed by atoms with Crippen molar-refractivity contribution >= 4 is 17.8 Å². The van der Waals surface area contributed by atoms with E-state index in [4.69, 9.17) is 20.2 Å². The van der Waals surface area contributed by atoms with E-state index in [1.54, 1.807) is 11.0 Å². The molecule has 2 amide bonds. The summed E-state index contributed by atoms with van der Waals surface area (Å²) in [5.41, 5.74) is 9.57. The predicted molar refractivity (Wildman–Crippen MR) is 146 cm³/mol. The second-order valence-corrected chi connectivity index (χ2v) is 11.0. The van der Waals surface area contributed by atoms with Crippen LogP contribution in [0.1, 0.15) is 92.5 Å². The van der Waals surface area contributed by atoms with Gasteiger partial charge in [0.15, 0.2) is 5.96 Å². The van der Waals surface area contributed by atoms with E-state index in [1.165, 1.54) is 5.56 Å². The smallest absolute Gasteiger partial charge is 0.251 e. The van der Waals surface area contributed by atoms with Crippen LogP contribution in [-0.4, -0.2) is 41.9 Å². The van der Waals surface area contributed by atoms with Crippen LogP contribution in [-0.2, 0) is 11.2 Å². The summed E-state index contributed by atoms with van der Waals surface area (Å²) >= 11 is 0. The fourth-order valence-electron chi connectivity index (χ4n) is 5.92. The summed E-state index contributed by atoms with van der Waals surface area (Å²) in [7, 11) is 0. The zero-order valence-electron chi connectivity index (χ0n) is 22.8. The molecule has 2 aromatic rings. The van der Waals surface area contributed by atoms with Gasteiger partial charge in [-0.1, -0.05) is 39.8 Å². The number of benzene rings is 2. The van der Waals surface area contributed by atoms with Crippen molar-refractivity contribution in [3.63, 3.8) is 0 Å². The topological polar surface area (TPSA) is 106 Å². The van der Waals surface area contributed by atoms with Gasteiger partial charge in [0.2, 0.25) is 5.91 Å². The minimum absolute atomic E-state index is 0.0268. The Morgan fingerprint density at radius 1 is 1.03 bits per heavy atom. The van der Waals surface area contributed by atoms with Crippen LogP contribution in [0.5, 0.6) is 11.5 Å². The van der Waals surface area contributed by atoms with E-state index in [2.05, 4.69) is 31.3 Å². The molecule has 38 heavy (non-hydrogen) atoms. The van der Waals surface area contributed by atoms with Gasteiger partial charge in [-0.15, -0.1) is 0 Å². The van der Waals surface area contributed by atoms with Crippen molar-refractivity contribution in [2.24, 2.45) is 16.1 Å². The van der Waals surface area contributed by atoms with Crippen molar-refractivity contribution < 1.29 is 19.1 Å². The number of rotatable bonds is 0. The number of nitrogens with one attached hydrogen (secondary N) is 1. The molecule has 0 fully saturated rings. The van der Waals surface area contributed by atoms with Gasteiger partial charge in [-0.3, -0.25) is 14.5 Å². The van der Waals surface area contributed by atoms with E-state index < -0.39 is 0 Å². The molecule has 7 rings (SSSR count). The Hall–Kier alpha value is -3.55. The number of hydrogen-bond donors (Lipinski definition) is 2. The summed E-state index contributed by atoms with van der Waals surface area (Å²) in [6.45, 7) is 9.21. The molecular weight excluding hydrogens is 480 g/mol. The van der Waals surface area contributed by atoms with Gasteiger partial charge in [-0.2, -0.15) is 0 Å². The highest BCUT2D eigenvalue weighted by atomic mass is 16.5. The maximum absolute atomic E-state index is 13.6. The van der Waals surface area contributed by atoms with Crippen LogP contribution in [0.3, 0.4) is 0 Å². The van der Waals surface area contributed by atoms with Gasteiger partial charge in [0, 0.05) is 34.9 Å². The first kappa shape index (κ1) is 26.1. The van der Waals surface area contributed by atoms with Gasteiger partial charge in [0.05, 0.1) is 31.3 Å². The molecule has 5 heterocycles. The molecule has 0 spiro atoms. The van der Waals surface area contributed by atoms with Crippen molar-refractivity contribution in [1.29, 1.82) is 0 Å². The number of ether oxygens (including phenoxy) is 2. The summed E-state index contributed by atoms with van der Waals surface area (Å²) in [5, 5.41) is 3.29. The fraction of sp³-hybridized carbons (Fsp3) is 0.500. The largest absolute Gasteiger partial charge is 0.493 e. The van der Waals surface area contributed by atoms with Crippen molar-refractivity contribution in [1.82, 2.24) is 10.2 Å². The van der Waals surface area contributed by atoms with Crippen LogP contribution in [0.25, 0.3) is 0 Å². The van der Waals surface area contributed by atoms with Crippen molar-refractivity contribution in [3.8, 4) is 11.5 Å². The van der Waals surface area contributed by atoms with E-state index in [0.717, 1.165) is 36.1 Å². The van der Waals surface area contributed by atoms with Crippen LogP contribution in [0.4, 0.5) is 0 Å². The van der Waals surface area contributed by atoms with Gasteiger partial charge in [0.1, 0.15) is 11.5 Å². The predicted octanol–water partition coefficient (Wildman–Crippen LogP) is 4.68. The average molecular weight is 519 g/mol. The van der Waals surface area contributed by atoms with Crippen molar-refractivity contribution in [3.05, 3.63) is 58.7 Å². The van der Waals surface area contributed by atoms with E-state index in [0.29, 0.717) is 37.4 Å². The Bertz CT molecular complexity index is 1270. The monoisotopic (exact) mass is 518 g/mol. The molecular formula is C30H38N4O4. The first-order chi connectivity index (χ1) is 18.3. The number of carbonyl (C=O) groups is 2. The molecule has 3 N–H and O–H groups in total. The average Bonchev–Trinajstić information content (AvgIpc) is 2.90. The Kier molecular flexibility index (Phi) is 7.07. The van der Waals surface area contributed by atoms with E-state index in [-0.39, 0.29) is 41.3 Å². The molecule has 8 heteroatoms. The number of carbonyl (C=O) groups excluding carboxylic acids is 2. The molecule has 2 unspecified atom stereocenters. The molecule has 0 aromatic heterocycles.